The van der Waals surface area contributed by atoms with E-state index in [4.69, 9.17) is 25.9 Å². The van der Waals surface area contributed by atoms with Crippen LogP contribution in [0, 0.1) is 29.4 Å². The number of imidazole rings is 1. The number of nitrogens with zero attached hydrogens (tertiary/aromatic N) is 10. The molecule has 5 atom stereocenters. The second-order valence-electron chi connectivity index (χ2n) is 24.0. The van der Waals surface area contributed by atoms with Crippen LogP contribution >= 0.6 is 0 Å². The third kappa shape index (κ3) is 8.64. The molecule has 7 aliphatic heterocycles. The highest BCUT2D eigenvalue weighted by molar-refractivity contribution is 6.02. The molecular weight excluding hydrogens is 1020 g/mol. The Hall–Kier alpha value is -7.21. The van der Waals surface area contributed by atoms with E-state index in [1.165, 1.54) is 10.6 Å². The summed E-state index contributed by atoms with van der Waals surface area (Å²) in [5.41, 5.74) is 2.70. The Morgan fingerprint density at radius 3 is 2.45 bits per heavy atom. The van der Waals surface area contributed by atoms with Crippen LogP contribution in [0.15, 0.2) is 59.5 Å². The van der Waals surface area contributed by atoms with Crippen molar-refractivity contribution in [3.05, 3.63) is 82.4 Å². The van der Waals surface area contributed by atoms with Gasteiger partial charge in [-0.05, 0) is 112 Å². The van der Waals surface area contributed by atoms with Crippen LogP contribution in [0.5, 0.6) is 6.01 Å². The molecule has 20 heteroatoms. The van der Waals surface area contributed by atoms with Crippen LogP contribution < -0.4 is 30.9 Å². The van der Waals surface area contributed by atoms with Crippen LogP contribution in [0.3, 0.4) is 0 Å². The first-order chi connectivity index (χ1) is 38.8. The second kappa shape index (κ2) is 19.8. The number of aryl methyl sites for hydroxylation is 1. The van der Waals surface area contributed by atoms with Crippen molar-refractivity contribution in [2.75, 3.05) is 81.9 Å². The zero-order valence-electron chi connectivity index (χ0n) is 45.1. The molecule has 10 heterocycles. The lowest BCUT2D eigenvalue weighted by atomic mass is 9.60. The van der Waals surface area contributed by atoms with E-state index in [1.54, 1.807) is 36.0 Å². The smallest absolute Gasteiger partial charge is 0.409 e. The normalized spacial score (nSPS) is 26.1. The fourth-order valence-corrected chi connectivity index (χ4v) is 15.3. The number of fused-ring (bicyclic) bond motifs is 6. The zero-order chi connectivity index (χ0) is 54.6. The molecule has 3 aromatic carbocycles. The number of ether oxygens (including phenoxy) is 2. The summed E-state index contributed by atoms with van der Waals surface area (Å²) >= 11 is 0. The van der Waals surface area contributed by atoms with Crippen molar-refractivity contribution in [3.63, 3.8) is 0 Å². The van der Waals surface area contributed by atoms with E-state index in [1.807, 2.05) is 29.2 Å². The molecule has 1 saturated carbocycles. The molecule has 2 bridgehead atoms. The Kier molecular flexibility index (Phi) is 12.6. The van der Waals surface area contributed by atoms with Gasteiger partial charge < -0.3 is 29.5 Å². The molecular formula is C60H66F2N12O6. The quantitative estimate of drug-likeness (QED) is 0.116. The standard InChI is InChI=1S/C60H66F2N12O6/c1-3-42-45(61)12-8-36-6-4-7-43(50(36)42)52-51(62)53-44(31-63-52)54(72-32-37-9-10-38(33-72)64-37)67-56(66-53)80-35-60-17-5-21-73(60)40(16-18-60)34-79-58(78)71-22-19-59(20-23-71)29-41(30-59)70-26-24-69(25-27-70)39-11-13-46-48(28-39)68(2)57(77)74(46)47-14-15-49(75)65-55(47)76/h1,4,6-8,11-13,28,31,37-38,40-41,47,64H,5,9-10,14-27,29-30,32-35H2,2H3,(H,65,75,76)/t37?,38?,40-,47?,60-/m0/s1. The van der Waals surface area contributed by atoms with E-state index in [-0.39, 0.29) is 63.9 Å². The first-order valence-corrected chi connectivity index (χ1v) is 28.8. The Bertz CT molecular complexity index is 3600. The van der Waals surface area contributed by atoms with Crippen molar-refractivity contribution in [3.8, 4) is 29.6 Å². The number of rotatable bonds is 10. The monoisotopic (exact) mass is 1090 g/mol. The summed E-state index contributed by atoms with van der Waals surface area (Å²) in [6.45, 7) is 7.89. The number of imide groups is 1. The van der Waals surface area contributed by atoms with Crippen LogP contribution in [-0.2, 0) is 21.4 Å². The fourth-order valence-electron chi connectivity index (χ4n) is 15.3. The first kappa shape index (κ1) is 51.0. The number of halogens is 2. The SMILES string of the molecule is C#Cc1c(F)ccc2cccc(-c3ncc4c(N5CC6CCC(C5)N6)nc(OC[C@@]56CCCN5[C@H](COC(=O)N5CCC7(CC5)CC(N5CCN(c8ccc9c(c8)n(C)c(=O)n9C8CCC(=O)NC8=O)CC5)C7)CC6)nc4c3F)c12. The molecule has 2 N–H and O–H groups in total. The number of piperidine rings is 2. The Morgan fingerprint density at radius 1 is 0.875 bits per heavy atom. The summed E-state index contributed by atoms with van der Waals surface area (Å²) in [7, 11) is 1.73. The second-order valence-corrected chi connectivity index (χ2v) is 24.0. The highest BCUT2D eigenvalue weighted by Gasteiger charge is 2.52. The molecule has 3 aromatic heterocycles. The van der Waals surface area contributed by atoms with Gasteiger partial charge in [0.25, 0.3) is 0 Å². The van der Waals surface area contributed by atoms with Crippen LogP contribution in [0.1, 0.15) is 88.7 Å². The van der Waals surface area contributed by atoms with Crippen molar-refractivity contribution < 1.29 is 32.6 Å². The number of likely N-dealkylation sites (tertiary alicyclic amines) is 1. The molecule has 1 aliphatic carbocycles. The fraction of sp³-hybridized carbons (Fsp3) is 0.517. The zero-order valence-corrected chi connectivity index (χ0v) is 45.1. The first-order valence-electron chi connectivity index (χ1n) is 28.8. The molecule has 80 heavy (non-hydrogen) atoms. The molecule has 7 saturated heterocycles. The van der Waals surface area contributed by atoms with Crippen molar-refractivity contribution in [2.45, 2.75) is 113 Å². The summed E-state index contributed by atoms with van der Waals surface area (Å²) in [6, 6.07) is 14.8. The van der Waals surface area contributed by atoms with Gasteiger partial charge in [0.15, 0.2) is 5.82 Å². The third-order valence-corrected chi connectivity index (χ3v) is 19.7. The Balaban J connectivity index is 0.590. The molecule has 416 valence electrons. The predicted octanol–water partition coefficient (Wildman–Crippen LogP) is 6.26. The number of nitrogens with one attached hydrogen (secondary N) is 2. The van der Waals surface area contributed by atoms with E-state index < -0.39 is 23.6 Å². The van der Waals surface area contributed by atoms with E-state index in [0.717, 1.165) is 108 Å². The molecule has 14 rings (SSSR count). The number of benzene rings is 3. The molecule has 3 unspecified atom stereocenters. The van der Waals surface area contributed by atoms with Gasteiger partial charge in [-0.25, -0.2) is 18.4 Å². The lowest BCUT2D eigenvalue weighted by molar-refractivity contribution is -0.135. The minimum absolute atomic E-state index is 0.0196. The number of aromatic nitrogens is 5. The molecule has 6 aromatic rings. The number of amides is 3. The number of carbonyl (C=O) groups is 3. The van der Waals surface area contributed by atoms with Gasteiger partial charge in [0.05, 0.1) is 27.5 Å². The predicted molar refractivity (Wildman–Crippen MR) is 297 cm³/mol. The maximum absolute atomic E-state index is 17.2. The lowest BCUT2D eigenvalue weighted by Crippen LogP contribution is -2.59. The molecule has 18 nitrogen and oxygen atoms in total. The summed E-state index contributed by atoms with van der Waals surface area (Å²) in [6.07, 6.45) is 17.6. The number of hydrogen-bond donors (Lipinski definition) is 2. The van der Waals surface area contributed by atoms with E-state index in [9.17, 15) is 19.2 Å². The van der Waals surface area contributed by atoms with Crippen LogP contribution in [-0.4, -0.2) is 159 Å². The van der Waals surface area contributed by atoms with Crippen LogP contribution in [0.4, 0.5) is 25.1 Å². The molecule has 8 aliphatic rings. The Morgan fingerprint density at radius 2 is 1.68 bits per heavy atom. The maximum Gasteiger partial charge on any atom is 0.409 e. The molecule has 0 radical (unpaired) electrons. The summed E-state index contributed by atoms with van der Waals surface area (Å²) < 4.78 is 48.2. The van der Waals surface area contributed by atoms with Gasteiger partial charge in [-0.15, -0.1) is 6.42 Å². The summed E-state index contributed by atoms with van der Waals surface area (Å²) in [4.78, 5) is 77.5. The average Bonchev–Trinajstić information content (AvgIpc) is 4.20. The van der Waals surface area contributed by atoms with E-state index >= 15 is 8.78 Å². The largest absolute Gasteiger partial charge is 0.461 e. The number of anilines is 2. The third-order valence-electron chi connectivity index (χ3n) is 19.7. The molecule has 3 amide bonds. The van der Waals surface area contributed by atoms with Crippen molar-refractivity contribution in [1.29, 1.82) is 0 Å². The van der Waals surface area contributed by atoms with Crippen molar-refractivity contribution >= 4 is 62.1 Å². The highest BCUT2D eigenvalue weighted by Crippen LogP contribution is 2.51. The van der Waals surface area contributed by atoms with Gasteiger partial charge in [0.2, 0.25) is 11.8 Å². The topological polar surface area (TPSA) is 176 Å². The number of piperazine rings is 2. The lowest BCUT2D eigenvalue weighted by Gasteiger charge is -2.56. The van der Waals surface area contributed by atoms with Crippen molar-refractivity contribution in [1.82, 2.24) is 49.4 Å². The van der Waals surface area contributed by atoms with Gasteiger partial charge in [0.1, 0.15) is 42.1 Å². The van der Waals surface area contributed by atoms with E-state index in [0.29, 0.717) is 97.0 Å². The van der Waals surface area contributed by atoms with Crippen molar-refractivity contribution in [2.24, 2.45) is 12.5 Å². The minimum Gasteiger partial charge on any atom is -0.461 e. The number of hydrogen-bond acceptors (Lipinski definition) is 14. The van der Waals surface area contributed by atoms with Gasteiger partial charge in [-0.2, -0.15) is 9.97 Å². The van der Waals surface area contributed by atoms with Crippen LogP contribution in [0.25, 0.3) is 44.0 Å². The van der Waals surface area contributed by atoms with Gasteiger partial charge >= 0.3 is 17.8 Å². The summed E-state index contributed by atoms with van der Waals surface area (Å²) in [5.74, 6) is 1.09. The summed E-state index contributed by atoms with van der Waals surface area (Å²) in [5, 5.41) is 7.63. The maximum atomic E-state index is 17.2. The van der Waals surface area contributed by atoms with E-state index in [2.05, 4.69) is 41.1 Å². The van der Waals surface area contributed by atoms with Gasteiger partial charge in [-0.3, -0.25) is 38.8 Å². The average molecular weight is 1090 g/mol. The number of carbonyl (C=O) groups excluding carboxylic acids is 3. The van der Waals surface area contributed by atoms with Crippen LogP contribution in [0.2, 0.25) is 0 Å². The number of pyridine rings is 1. The van der Waals surface area contributed by atoms with Gasteiger partial charge in [-0.1, -0.05) is 30.2 Å². The van der Waals surface area contributed by atoms with Gasteiger partial charge in [0, 0.05) is 113 Å². The minimum atomic E-state index is -0.710. The Labute approximate surface area is 461 Å². The molecule has 8 fully saturated rings. The highest BCUT2D eigenvalue weighted by atomic mass is 19.1. The number of terminal acetylenes is 1. The molecule has 1 spiro atoms.